The SMILES string of the molecule is C[C@@]1(C(=O)O)[C@@H]2C=C[C@@H](C2)[C@@H]1C(=O)NCc1cnccc1C(F)(F)F. The number of halogens is 3. The van der Waals surface area contributed by atoms with Gasteiger partial charge >= 0.3 is 12.1 Å². The van der Waals surface area contributed by atoms with E-state index in [1.165, 1.54) is 6.92 Å². The summed E-state index contributed by atoms with van der Waals surface area (Å²) in [4.78, 5) is 28.0. The minimum absolute atomic E-state index is 0.154. The maximum atomic E-state index is 13.0. The molecule has 1 saturated carbocycles. The fraction of sp³-hybridized carbons (Fsp3) is 0.471. The molecule has 4 atom stereocenters. The van der Waals surface area contributed by atoms with E-state index in [0.29, 0.717) is 6.42 Å². The highest BCUT2D eigenvalue weighted by molar-refractivity contribution is 5.89. The van der Waals surface area contributed by atoms with Crippen LogP contribution >= 0.6 is 0 Å². The Morgan fingerprint density at radius 2 is 2.12 bits per heavy atom. The van der Waals surface area contributed by atoms with Crippen molar-refractivity contribution in [2.45, 2.75) is 26.1 Å². The minimum Gasteiger partial charge on any atom is -0.481 e. The molecule has 0 unspecified atom stereocenters. The summed E-state index contributed by atoms with van der Waals surface area (Å²) in [6, 6.07) is 0.850. The van der Waals surface area contributed by atoms with Gasteiger partial charge in [-0.05, 0) is 31.2 Å². The molecule has 2 N–H and O–H groups in total. The van der Waals surface area contributed by atoms with Gasteiger partial charge in [0.1, 0.15) is 0 Å². The van der Waals surface area contributed by atoms with Crippen molar-refractivity contribution in [2.75, 3.05) is 0 Å². The van der Waals surface area contributed by atoms with Gasteiger partial charge in [0.05, 0.1) is 16.9 Å². The van der Waals surface area contributed by atoms with E-state index >= 15 is 0 Å². The fourth-order valence-electron chi connectivity index (χ4n) is 3.99. The molecule has 2 aliphatic carbocycles. The Labute approximate surface area is 141 Å². The van der Waals surface area contributed by atoms with Gasteiger partial charge in [-0.3, -0.25) is 14.6 Å². The molecule has 134 valence electrons. The van der Waals surface area contributed by atoms with Crippen LogP contribution in [0.5, 0.6) is 0 Å². The third-order valence-electron chi connectivity index (χ3n) is 5.37. The Morgan fingerprint density at radius 1 is 1.40 bits per heavy atom. The molecule has 0 aliphatic heterocycles. The molecule has 1 heterocycles. The van der Waals surface area contributed by atoms with Gasteiger partial charge in [-0.25, -0.2) is 0 Å². The molecule has 1 amide bonds. The van der Waals surface area contributed by atoms with E-state index in [9.17, 15) is 27.9 Å². The summed E-state index contributed by atoms with van der Waals surface area (Å²) in [5.74, 6) is -2.86. The van der Waals surface area contributed by atoms with Crippen molar-refractivity contribution in [3.05, 3.63) is 41.7 Å². The van der Waals surface area contributed by atoms with Crippen molar-refractivity contribution in [1.82, 2.24) is 10.3 Å². The molecule has 0 spiro atoms. The van der Waals surface area contributed by atoms with Gasteiger partial charge in [-0.1, -0.05) is 12.2 Å². The predicted molar refractivity (Wildman–Crippen MR) is 81.1 cm³/mol. The lowest BCUT2D eigenvalue weighted by Crippen LogP contribution is -2.47. The Morgan fingerprint density at radius 3 is 2.76 bits per heavy atom. The minimum atomic E-state index is -4.55. The molecule has 2 bridgehead atoms. The van der Waals surface area contributed by atoms with Gasteiger partial charge in [0, 0.05) is 24.5 Å². The number of pyridine rings is 1. The summed E-state index contributed by atoms with van der Waals surface area (Å²) in [5, 5.41) is 12.0. The molecule has 2 aliphatic rings. The van der Waals surface area contributed by atoms with Crippen molar-refractivity contribution >= 4 is 11.9 Å². The Hall–Kier alpha value is -2.38. The number of carbonyl (C=O) groups is 2. The maximum Gasteiger partial charge on any atom is 0.416 e. The molecule has 8 heteroatoms. The van der Waals surface area contributed by atoms with Crippen LogP contribution in [0.4, 0.5) is 13.2 Å². The third-order valence-corrected chi connectivity index (χ3v) is 5.37. The highest BCUT2D eigenvalue weighted by Crippen LogP contribution is 2.56. The topological polar surface area (TPSA) is 79.3 Å². The smallest absolute Gasteiger partial charge is 0.416 e. The molecule has 5 nitrogen and oxygen atoms in total. The van der Waals surface area contributed by atoms with Crippen molar-refractivity contribution in [3.63, 3.8) is 0 Å². The van der Waals surface area contributed by atoms with E-state index < -0.39 is 34.9 Å². The van der Waals surface area contributed by atoms with Crippen LogP contribution in [0, 0.1) is 23.2 Å². The van der Waals surface area contributed by atoms with E-state index in [1.807, 2.05) is 12.2 Å². The number of allylic oxidation sites excluding steroid dienone is 2. The lowest BCUT2D eigenvalue weighted by Gasteiger charge is -2.33. The van der Waals surface area contributed by atoms with Crippen LogP contribution in [-0.2, 0) is 22.3 Å². The standard InChI is InChI=1S/C17H17F3N2O3/c1-16(15(24)25)11-3-2-9(6-11)13(16)14(23)22-8-10-7-21-5-4-12(10)17(18,19)20/h2-5,7,9,11,13H,6,8H2,1H3,(H,22,23)(H,24,25)/t9-,11+,13+,16+/m0/s1. The average Bonchev–Trinajstić information content (AvgIpc) is 3.12. The number of aliphatic carboxylic acids is 1. The van der Waals surface area contributed by atoms with Gasteiger partial charge in [-0.15, -0.1) is 0 Å². The first-order chi connectivity index (χ1) is 11.7. The van der Waals surface area contributed by atoms with E-state index in [-0.39, 0.29) is 23.9 Å². The Bertz CT molecular complexity index is 747. The fourth-order valence-corrected chi connectivity index (χ4v) is 3.99. The third kappa shape index (κ3) is 2.79. The number of carboxylic acid groups (broad SMARTS) is 1. The van der Waals surface area contributed by atoms with Gasteiger partial charge in [0.2, 0.25) is 5.91 Å². The van der Waals surface area contributed by atoms with Crippen LogP contribution in [-0.4, -0.2) is 22.0 Å². The van der Waals surface area contributed by atoms with Crippen LogP contribution in [0.2, 0.25) is 0 Å². The number of hydrogen-bond donors (Lipinski definition) is 2. The second-order valence-corrected chi connectivity index (χ2v) is 6.70. The summed E-state index contributed by atoms with van der Waals surface area (Å²) in [7, 11) is 0. The van der Waals surface area contributed by atoms with Gasteiger partial charge in [-0.2, -0.15) is 13.2 Å². The normalized spacial score (nSPS) is 30.5. The van der Waals surface area contributed by atoms with Crippen molar-refractivity contribution in [2.24, 2.45) is 23.2 Å². The van der Waals surface area contributed by atoms with Crippen LogP contribution in [0.1, 0.15) is 24.5 Å². The molecule has 1 aromatic rings. The van der Waals surface area contributed by atoms with Crippen LogP contribution < -0.4 is 5.32 Å². The Balaban J connectivity index is 1.78. The number of fused-ring (bicyclic) bond motifs is 2. The van der Waals surface area contributed by atoms with Crippen molar-refractivity contribution in [1.29, 1.82) is 0 Å². The molecule has 0 saturated heterocycles. The molecule has 1 aromatic heterocycles. The van der Waals surface area contributed by atoms with Gasteiger partial charge in [0.25, 0.3) is 0 Å². The number of amides is 1. The second-order valence-electron chi connectivity index (χ2n) is 6.70. The van der Waals surface area contributed by atoms with Crippen LogP contribution in [0.3, 0.4) is 0 Å². The molecular weight excluding hydrogens is 337 g/mol. The van der Waals surface area contributed by atoms with E-state index in [2.05, 4.69) is 10.3 Å². The average molecular weight is 354 g/mol. The summed E-state index contributed by atoms with van der Waals surface area (Å²) in [6.45, 7) is 1.17. The number of alkyl halides is 3. The zero-order chi connectivity index (χ0) is 18.4. The molecule has 25 heavy (non-hydrogen) atoms. The number of nitrogens with zero attached hydrogens (tertiary/aromatic N) is 1. The number of nitrogens with one attached hydrogen (secondary N) is 1. The summed E-state index contributed by atoms with van der Waals surface area (Å²) in [6.07, 6.45) is 1.75. The highest BCUT2D eigenvalue weighted by Gasteiger charge is 2.60. The Kier molecular flexibility index (Phi) is 4.09. The number of carbonyl (C=O) groups excluding carboxylic acids is 1. The zero-order valence-corrected chi connectivity index (χ0v) is 13.4. The number of hydrogen-bond acceptors (Lipinski definition) is 3. The number of rotatable bonds is 4. The van der Waals surface area contributed by atoms with E-state index in [0.717, 1.165) is 18.5 Å². The summed E-state index contributed by atoms with van der Waals surface area (Å²) < 4.78 is 39.0. The second kappa shape index (κ2) is 5.86. The van der Waals surface area contributed by atoms with Crippen LogP contribution in [0.25, 0.3) is 0 Å². The lowest BCUT2D eigenvalue weighted by atomic mass is 9.69. The predicted octanol–water partition coefficient (Wildman–Crippen LogP) is 2.63. The molecule has 0 aromatic carbocycles. The van der Waals surface area contributed by atoms with Gasteiger partial charge in [0.15, 0.2) is 0 Å². The van der Waals surface area contributed by atoms with Gasteiger partial charge < -0.3 is 10.4 Å². The maximum absolute atomic E-state index is 13.0. The quantitative estimate of drug-likeness (QED) is 0.815. The number of aromatic nitrogens is 1. The molecular formula is C17H17F3N2O3. The van der Waals surface area contributed by atoms with Crippen molar-refractivity contribution < 1.29 is 27.9 Å². The van der Waals surface area contributed by atoms with Crippen molar-refractivity contribution in [3.8, 4) is 0 Å². The monoisotopic (exact) mass is 354 g/mol. The first-order valence-corrected chi connectivity index (χ1v) is 7.85. The summed E-state index contributed by atoms with van der Waals surface area (Å²) in [5.41, 5.74) is -2.26. The first kappa shape index (κ1) is 17.4. The zero-order valence-electron chi connectivity index (χ0n) is 13.4. The first-order valence-electron chi connectivity index (χ1n) is 7.85. The lowest BCUT2D eigenvalue weighted by molar-refractivity contribution is -0.156. The largest absolute Gasteiger partial charge is 0.481 e. The van der Waals surface area contributed by atoms with E-state index in [4.69, 9.17) is 0 Å². The molecule has 1 fully saturated rings. The summed E-state index contributed by atoms with van der Waals surface area (Å²) >= 11 is 0. The van der Waals surface area contributed by atoms with Crippen LogP contribution in [0.15, 0.2) is 30.6 Å². The molecule has 3 rings (SSSR count). The molecule has 0 radical (unpaired) electrons. The number of carboxylic acids is 1. The highest BCUT2D eigenvalue weighted by atomic mass is 19.4. The van der Waals surface area contributed by atoms with E-state index in [1.54, 1.807) is 0 Å².